The van der Waals surface area contributed by atoms with Gasteiger partial charge in [-0.15, -0.1) is 0 Å². The predicted molar refractivity (Wildman–Crippen MR) is 55.1 cm³/mol. The van der Waals surface area contributed by atoms with Gasteiger partial charge in [0.2, 0.25) is 10.0 Å². The molecule has 1 aromatic carbocycles. The molecule has 0 saturated carbocycles. The molecule has 0 amide bonds. The minimum absolute atomic E-state index is 0. The summed E-state index contributed by atoms with van der Waals surface area (Å²) in [6.45, 7) is 3.54. The van der Waals surface area contributed by atoms with Crippen LogP contribution in [0.15, 0.2) is 35.7 Å². The molecule has 0 heterocycles. The van der Waals surface area contributed by atoms with Gasteiger partial charge in [-0.1, -0.05) is 24.8 Å². The standard InChI is InChI=1S/C8H9NO2S.Li.H/c1-2-7-3-5-8(6-4-7)12(9,10)11;;/h2-6H,1H2,(H2,9,10,11);;. The molecule has 0 bridgehead atoms. The van der Waals surface area contributed by atoms with Gasteiger partial charge < -0.3 is 0 Å². The van der Waals surface area contributed by atoms with Crippen LogP contribution in [0.4, 0.5) is 0 Å². The van der Waals surface area contributed by atoms with E-state index in [4.69, 9.17) is 5.14 Å². The van der Waals surface area contributed by atoms with Gasteiger partial charge >= 0.3 is 18.9 Å². The van der Waals surface area contributed by atoms with Crippen LogP contribution in [0.25, 0.3) is 6.08 Å². The molecule has 5 heteroatoms. The zero-order valence-electron chi connectivity index (χ0n) is 6.40. The topological polar surface area (TPSA) is 60.2 Å². The second-order valence-electron chi connectivity index (χ2n) is 2.32. The summed E-state index contributed by atoms with van der Waals surface area (Å²) in [5.41, 5.74) is 0.863. The number of hydrogen-bond acceptors (Lipinski definition) is 2. The van der Waals surface area contributed by atoms with Crippen LogP contribution in [0.3, 0.4) is 0 Å². The minimum atomic E-state index is -3.56. The average Bonchev–Trinajstić information content (AvgIpc) is 2.03. The van der Waals surface area contributed by atoms with Crippen molar-refractivity contribution < 1.29 is 8.42 Å². The van der Waals surface area contributed by atoms with Gasteiger partial charge in [0, 0.05) is 0 Å². The second kappa shape index (κ2) is 4.63. The molecule has 0 aliphatic rings. The fraction of sp³-hybridized carbons (Fsp3) is 0. The van der Waals surface area contributed by atoms with Crippen molar-refractivity contribution >= 4 is 35.0 Å². The molecule has 0 radical (unpaired) electrons. The number of nitrogens with two attached hydrogens (primary N) is 1. The molecule has 2 N–H and O–H groups in total. The van der Waals surface area contributed by atoms with Crippen LogP contribution < -0.4 is 5.14 Å². The van der Waals surface area contributed by atoms with E-state index in [-0.39, 0.29) is 23.8 Å². The third kappa shape index (κ3) is 3.37. The van der Waals surface area contributed by atoms with Crippen LogP contribution in [0, 0.1) is 0 Å². The molecule has 0 aromatic heterocycles. The number of primary sulfonamides is 1. The van der Waals surface area contributed by atoms with Crippen LogP contribution >= 0.6 is 0 Å². The molecule has 0 unspecified atom stereocenters. The summed E-state index contributed by atoms with van der Waals surface area (Å²) >= 11 is 0. The van der Waals surface area contributed by atoms with Gasteiger partial charge in [-0.3, -0.25) is 0 Å². The summed E-state index contributed by atoms with van der Waals surface area (Å²) in [6.07, 6.45) is 1.63. The van der Waals surface area contributed by atoms with Crippen molar-refractivity contribution in [2.24, 2.45) is 5.14 Å². The maximum atomic E-state index is 10.8. The number of rotatable bonds is 2. The quantitative estimate of drug-likeness (QED) is 0.685. The van der Waals surface area contributed by atoms with E-state index in [2.05, 4.69) is 6.58 Å². The Balaban J connectivity index is 0.00000144. The summed E-state index contributed by atoms with van der Waals surface area (Å²) in [5.74, 6) is 0. The van der Waals surface area contributed by atoms with Crippen molar-refractivity contribution in [1.82, 2.24) is 0 Å². The van der Waals surface area contributed by atoms with Crippen molar-refractivity contribution in [1.29, 1.82) is 0 Å². The van der Waals surface area contributed by atoms with Gasteiger partial charge in [0.25, 0.3) is 0 Å². The van der Waals surface area contributed by atoms with E-state index in [1.807, 2.05) is 0 Å². The van der Waals surface area contributed by atoms with E-state index in [0.717, 1.165) is 5.56 Å². The average molecular weight is 191 g/mol. The predicted octanol–water partition coefficient (Wildman–Crippen LogP) is 0.329. The molecule has 1 rings (SSSR count). The maximum absolute atomic E-state index is 10.8. The van der Waals surface area contributed by atoms with Crippen LogP contribution in [-0.2, 0) is 10.0 Å². The first kappa shape index (κ1) is 12.5. The van der Waals surface area contributed by atoms with E-state index >= 15 is 0 Å². The Morgan fingerprint density at radius 1 is 1.23 bits per heavy atom. The third-order valence-electron chi connectivity index (χ3n) is 1.44. The van der Waals surface area contributed by atoms with Crippen LogP contribution in [0.5, 0.6) is 0 Å². The normalized spacial score (nSPS) is 10.2. The van der Waals surface area contributed by atoms with E-state index in [1.54, 1.807) is 18.2 Å². The summed E-state index contributed by atoms with van der Waals surface area (Å²) in [6, 6.07) is 6.19. The number of benzene rings is 1. The van der Waals surface area contributed by atoms with Crippen molar-refractivity contribution in [3.05, 3.63) is 36.4 Å². The molecular formula is C8H10LiNO2S. The summed E-state index contributed by atoms with van der Waals surface area (Å²) in [4.78, 5) is 0.119. The van der Waals surface area contributed by atoms with E-state index in [9.17, 15) is 8.42 Å². The molecule has 0 atom stereocenters. The molecule has 66 valence electrons. The molecule has 0 aliphatic heterocycles. The summed E-state index contributed by atoms with van der Waals surface area (Å²) in [5, 5.41) is 4.89. The van der Waals surface area contributed by atoms with Gasteiger partial charge in [0.1, 0.15) is 0 Å². The van der Waals surface area contributed by atoms with Crippen molar-refractivity contribution in [2.45, 2.75) is 4.90 Å². The van der Waals surface area contributed by atoms with Crippen molar-refractivity contribution in [2.75, 3.05) is 0 Å². The Hall–Kier alpha value is -0.533. The van der Waals surface area contributed by atoms with Crippen LogP contribution in [0.1, 0.15) is 5.56 Å². The van der Waals surface area contributed by atoms with E-state index in [1.165, 1.54) is 12.1 Å². The van der Waals surface area contributed by atoms with Gasteiger partial charge in [0.05, 0.1) is 4.90 Å². The van der Waals surface area contributed by atoms with Crippen molar-refractivity contribution in [3.63, 3.8) is 0 Å². The first-order chi connectivity index (χ1) is 5.54. The van der Waals surface area contributed by atoms with Gasteiger partial charge in [-0.25, -0.2) is 13.6 Å². The van der Waals surface area contributed by atoms with Crippen LogP contribution in [-0.4, -0.2) is 27.3 Å². The Bertz CT molecular complexity index is 383. The van der Waals surface area contributed by atoms with E-state index in [0.29, 0.717) is 0 Å². The van der Waals surface area contributed by atoms with Crippen molar-refractivity contribution in [3.8, 4) is 0 Å². The third-order valence-corrected chi connectivity index (χ3v) is 2.37. The molecule has 0 saturated heterocycles. The number of sulfonamides is 1. The first-order valence-electron chi connectivity index (χ1n) is 3.29. The van der Waals surface area contributed by atoms with Gasteiger partial charge in [0.15, 0.2) is 0 Å². The number of hydrogen-bond donors (Lipinski definition) is 1. The second-order valence-corrected chi connectivity index (χ2v) is 3.88. The summed E-state index contributed by atoms with van der Waals surface area (Å²) in [7, 11) is -3.56. The summed E-state index contributed by atoms with van der Waals surface area (Å²) < 4.78 is 21.6. The molecule has 3 nitrogen and oxygen atoms in total. The van der Waals surface area contributed by atoms with Gasteiger partial charge in [-0.05, 0) is 17.7 Å². The Morgan fingerprint density at radius 2 is 1.69 bits per heavy atom. The molecular weight excluding hydrogens is 181 g/mol. The van der Waals surface area contributed by atoms with E-state index < -0.39 is 10.0 Å². The SMILES string of the molecule is C=Cc1ccc(S(N)(=O)=O)cc1.[LiH]. The molecule has 1 aromatic rings. The Labute approximate surface area is 89.9 Å². The molecule has 0 spiro atoms. The molecule has 0 aliphatic carbocycles. The molecule has 13 heavy (non-hydrogen) atoms. The molecule has 0 fully saturated rings. The van der Waals surface area contributed by atoms with Gasteiger partial charge in [-0.2, -0.15) is 0 Å². The zero-order valence-corrected chi connectivity index (χ0v) is 7.21. The Kier molecular flexibility index (Phi) is 4.44. The fourth-order valence-corrected chi connectivity index (χ4v) is 1.31. The zero-order chi connectivity index (χ0) is 9.19. The Morgan fingerprint density at radius 3 is 2.00 bits per heavy atom. The first-order valence-corrected chi connectivity index (χ1v) is 4.84. The fourth-order valence-electron chi connectivity index (χ4n) is 0.794. The monoisotopic (exact) mass is 191 g/mol. The van der Waals surface area contributed by atoms with Crippen LogP contribution in [0.2, 0.25) is 0 Å².